The highest BCUT2D eigenvalue weighted by Gasteiger charge is 2.06. The predicted molar refractivity (Wildman–Crippen MR) is 60.8 cm³/mol. The van der Waals surface area contributed by atoms with E-state index in [-0.39, 0.29) is 13.2 Å². The van der Waals surface area contributed by atoms with E-state index in [1.54, 1.807) is 26.0 Å². The van der Waals surface area contributed by atoms with E-state index in [0.717, 1.165) is 0 Å². The molecule has 90 valence electrons. The van der Waals surface area contributed by atoms with Crippen LogP contribution in [0.15, 0.2) is 24.3 Å². The van der Waals surface area contributed by atoms with E-state index in [1.165, 1.54) is 0 Å². The molecule has 0 radical (unpaired) electrons. The number of aliphatic hydroxyl groups is 2. The summed E-state index contributed by atoms with van der Waals surface area (Å²) in [5, 5.41) is 18.2. The molecule has 1 aromatic carbocycles. The van der Waals surface area contributed by atoms with Crippen molar-refractivity contribution < 1.29 is 19.7 Å². The minimum Gasteiger partial charge on any atom is -0.487 e. The average Bonchev–Trinajstić information content (AvgIpc) is 2.24. The van der Waals surface area contributed by atoms with Crippen molar-refractivity contribution in [1.29, 1.82) is 0 Å². The number of aliphatic hydroxyl groups excluding tert-OH is 2. The first-order valence-electron chi connectivity index (χ1n) is 5.30. The number of benzene rings is 1. The average molecular weight is 226 g/mol. The van der Waals surface area contributed by atoms with E-state index >= 15 is 0 Å². The molecule has 0 bridgehead atoms. The Morgan fingerprint density at radius 1 is 0.938 bits per heavy atom. The van der Waals surface area contributed by atoms with E-state index in [0.29, 0.717) is 11.5 Å². The number of rotatable bonds is 6. The highest BCUT2D eigenvalue weighted by molar-refractivity contribution is 5.39. The maximum absolute atomic E-state index is 9.12. The molecule has 0 aliphatic carbocycles. The first kappa shape index (κ1) is 12.8. The molecular weight excluding hydrogens is 208 g/mol. The van der Waals surface area contributed by atoms with Crippen LogP contribution < -0.4 is 9.47 Å². The summed E-state index contributed by atoms with van der Waals surface area (Å²) < 4.78 is 10.7. The summed E-state index contributed by atoms with van der Waals surface area (Å²) in [6.07, 6.45) is -1.05. The topological polar surface area (TPSA) is 58.9 Å². The summed E-state index contributed by atoms with van der Waals surface area (Å²) in [4.78, 5) is 0. The standard InChI is InChI=1S/C12H18O4/c1-9(13)7-15-11-5-3-4-6-12(11)16-8-10(2)14/h3-6,9-10,13-14H,7-8H2,1-2H3. The third-order valence-corrected chi connectivity index (χ3v) is 1.81. The normalized spacial score (nSPS) is 14.2. The Morgan fingerprint density at radius 3 is 1.62 bits per heavy atom. The maximum atomic E-state index is 9.12. The summed E-state index contributed by atoms with van der Waals surface area (Å²) in [5.74, 6) is 1.15. The SMILES string of the molecule is CC(O)COc1ccccc1OCC(C)O. The molecule has 2 unspecified atom stereocenters. The van der Waals surface area contributed by atoms with Gasteiger partial charge in [0.1, 0.15) is 13.2 Å². The number of hydrogen-bond acceptors (Lipinski definition) is 4. The lowest BCUT2D eigenvalue weighted by Crippen LogP contribution is -2.15. The van der Waals surface area contributed by atoms with Crippen LogP contribution in [0.3, 0.4) is 0 Å². The largest absolute Gasteiger partial charge is 0.487 e. The van der Waals surface area contributed by atoms with E-state index in [9.17, 15) is 0 Å². The summed E-state index contributed by atoms with van der Waals surface area (Å²) >= 11 is 0. The first-order valence-corrected chi connectivity index (χ1v) is 5.30. The molecule has 1 rings (SSSR count). The Bertz CT molecular complexity index is 279. The zero-order chi connectivity index (χ0) is 12.0. The quantitative estimate of drug-likeness (QED) is 0.765. The second kappa shape index (κ2) is 6.35. The molecule has 2 N–H and O–H groups in total. The highest BCUT2D eigenvalue weighted by Crippen LogP contribution is 2.26. The fourth-order valence-electron chi connectivity index (χ4n) is 1.11. The Balaban J connectivity index is 2.60. The molecule has 0 amide bonds. The second-order valence-corrected chi connectivity index (χ2v) is 3.77. The van der Waals surface area contributed by atoms with Gasteiger partial charge in [-0.05, 0) is 26.0 Å². The molecule has 0 heterocycles. The Kier molecular flexibility index (Phi) is 5.08. The summed E-state index contributed by atoms with van der Waals surface area (Å²) in [6, 6.07) is 7.18. The Labute approximate surface area is 95.4 Å². The van der Waals surface area contributed by atoms with Crippen molar-refractivity contribution in [3.05, 3.63) is 24.3 Å². The lowest BCUT2D eigenvalue weighted by Gasteiger charge is -2.14. The van der Waals surface area contributed by atoms with Crippen molar-refractivity contribution in [2.45, 2.75) is 26.1 Å². The van der Waals surface area contributed by atoms with Crippen molar-refractivity contribution in [2.75, 3.05) is 13.2 Å². The van der Waals surface area contributed by atoms with E-state index < -0.39 is 12.2 Å². The molecule has 0 spiro atoms. The second-order valence-electron chi connectivity index (χ2n) is 3.77. The molecular formula is C12H18O4. The van der Waals surface area contributed by atoms with Gasteiger partial charge in [0, 0.05) is 0 Å². The molecule has 4 heteroatoms. The Hall–Kier alpha value is -1.26. The van der Waals surface area contributed by atoms with Gasteiger partial charge >= 0.3 is 0 Å². The fraction of sp³-hybridized carbons (Fsp3) is 0.500. The molecule has 0 aliphatic heterocycles. The predicted octanol–water partition coefficient (Wildman–Crippen LogP) is 1.21. The molecule has 0 saturated carbocycles. The van der Waals surface area contributed by atoms with E-state index in [4.69, 9.17) is 19.7 Å². The number of ether oxygens (including phenoxy) is 2. The van der Waals surface area contributed by atoms with Gasteiger partial charge in [0.2, 0.25) is 0 Å². The van der Waals surface area contributed by atoms with Gasteiger partial charge in [0.05, 0.1) is 12.2 Å². The van der Waals surface area contributed by atoms with Crippen LogP contribution in [-0.2, 0) is 0 Å². The summed E-state index contributed by atoms with van der Waals surface area (Å²) in [6.45, 7) is 3.74. The monoisotopic (exact) mass is 226 g/mol. The van der Waals surface area contributed by atoms with E-state index in [2.05, 4.69) is 0 Å². The van der Waals surface area contributed by atoms with Crippen LogP contribution in [0.2, 0.25) is 0 Å². The van der Waals surface area contributed by atoms with Crippen LogP contribution in [-0.4, -0.2) is 35.6 Å². The zero-order valence-electron chi connectivity index (χ0n) is 9.59. The van der Waals surface area contributed by atoms with Gasteiger partial charge in [-0.2, -0.15) is 0 Å². The maximum Gasteiger partial charge on any atom is 0.161 e. The molecule has 0 fully saturated rings. The van der Waals surface area contributed by atoms with Gasteiger partial charge in [-0.3, -0.25) is 0 Å². The fourth-order valence-corrected chi connectivity index (χ4v) is 1.11. The minimum atomic E-state index is -0.523. The van der Waals surface area contributed by atoms with Gasteiger partial charge < -0.3 is 19.7 Å². The van der Waals surface area contributed by atoms with Crippen LogP contribution in [0.25, 0.3) is 0 Å². The van der Waals surface area contributed by atoms with Crippen molar-refractivity contribution >= 4 is 0 Å². The molecule has 2 atom stereocenters. The Morgan fingerprint density at radius 2 is 1.31 bits per heavy atom. The highest BCUT2D eigenvalue weighted by atomic mass is 16.5. The van der Waals surface area contributed by atoms with Gasteiger partial charge in [-0.25, -0.2) is 0 Å². The number of para-hydroxylation sites is 2. The van der Waals surface area contributed by atoms with Crippen LogP contribution in [0.1, 0.15) is 13.8 Å². The van der Waals surface area contributed by atoms with Crippen LogP contribution >= 0.6 is 0 Å². The smallest absolute Gasteiger partial charge is 0.161 e. The van der Waals surface area contributed by atoms with Gasteiger partial charge in [0.15, 0.2) is 11.5 Å². The van der Waals surface area contributed by atoms with E-state index in [1.807, 2.05) is 12.1 Å². The van der Waals surface area contributed by atoms with Crippen molar-refractivity contribution in [3.8, 4) is 11.5 Å². The van der Waals surface area contributed by atoms with Crippen molar-refractivity contribution in [2.24, 2.45) is 0 Å². The van der Waals surface area contributed by atoms with Crippen LogP contribution in [0.4, 0.5) is 0 Å². The summed E-state index contributed by atoms with van der Waals surface area (Å²) in [7, 11) is 0. The molecule has 0 saturated heterocycles. The number of hydrogen-bond donors (Lipinski definition) is 2. The van der Waals surface area contributed by atoms with Gasteiger partial charge in [0.25, 0.3) is 0 Å². The van der Waals surface area contributed by atoms with Gasteiger partial charge in [-0.15, -0.1) is 0 Å². The minimum absolute atomic E-state index is 0.217. The molecule has 16 heavy (non-hydrogen) atoms. The molecule has 1 aromatic rings. The molecule has 4 nitrogen and oxygen atoms in total. The summed E-state index contributed by atoms with van der Waals surface area (Å²) in [5.41, 5.74) is 0. The van der Waals surface area contributed by atoms with Gasteiger partial charge in [-0.1, -0.05) is 12.1 Å². The third kappa shape index (κ3) is 4.51. The van der Waals surface area contributed by atoms with Crippen molar-refractivity contribution in [3.63, 3.8) is 0 Å². The van der Waals surface area contributed by atoms with Crippen LogP contribution in [0, 0.1) is 0 Å². The van der Waals surface area contributed by atoms with Crippen molar-refractivity contribution in [1.82, 2.24) is 0 Å². The lowest BCUT2D eigenvalue weighted by atomic mass is 10.3. The van der Waals surface area contributed by atoms with Crippen LogP contribution in [0.5, 0.6) is 11.5 Å². The third-order valence-electron chi connectivity index (χ3n) is 1.81. The first-order chi connectivity index (χ1) is 7.59. The zero-order valence-corrected chi connectivity index (χ0v) is 9.59. The lowest BCUT2D eigenvalue weighted by molar-refractivity contribution is 0.107. The molecule has 0 aromatic heterocycles. The molecule has 0 aliphatic rings.